The maximum atomic E-state index is 12.3. The maximum absolute atomic E-state index is 12.3. The lowest BCUT2D eigenvalue weighted by molar-refractivity contribution is -0.137. The van der Waals surface area contributed by atoms with Crippen molar-refractivity contribution in [1.82, 2.24) is 0 Å². The van der Waals surface area contributed by atoms with Crippen LogP contribution in [0.3, 0.4) is 0 Å². The molecule has 0 fully saturated rings. The summed E-state index contributed by atoms with van der Waals surface area (Å²) in [7, 11) is -0.760. The van der Waals surface area contributed by atoms with Crippen LogP contribution in [0.15, 0.2) is 18.2 Å². The summed E-state index contributed by atoms with van der Waals surface area (Å²) in [4.78, 5) is 0. The minimum Gasteiger partial charge on any atom is -0.497 e. The van der Waals surface area contributed by atoms with Gasteiger partial charge in [0.2, 0.25) is 0 Å². The third-order valence-corrected chi connectivity index (χ3v) is 1.79. The molecule has 1 rings (SSSR count). The van der Waals surface area contributed by atoms with Crippen LogP contribution in [0.4, 0.5) is 13.2 Å². The molecule has 0 aromatic heterocycles. The van der Waals surface area contributed by atoms with Crippen LogP contribution in [0.25, 0.3) is 0 Å². The van der Waals surface area contributed by atoms with E-state index in [1.54, 1.807) is 0 Å². The summed E-state index contributed by atoms with van der Waals surface area (Å²) in [6.07, 6.45) is -4.54. The summed E-state index contributed by atoms with van der Waals surface area (Å²) in [6.45, 7) is 0. The number of rotatable bonds is 2. The molecule has 0 aliphatic rings. The first kappa shape index (κ1) is 11.9. The lowest BCUT2D eigenvalue weighted by Crippen LogP contribution is -2.31. The normalized spacial score (nSPS) is 11.3. The highest BCUT2D eigenvalue weighted by Crippen LogP contribution is 2.30. The Kier molecular flexibility index (Phi) is 3.26. The second kappa shape index (κ2) is 4.12. The van der Waals surface area contributed by atoms with Crippen molar-refractivity contribution < 1.29 is 28.0 Å². The van der Waals surface area contributed by atoms with Crippen LogP contribution in [0.5, 0.6) is 5.75 Å². The quantitative estimate of drug-likeness (QED) is 0.709. The van der Waals surface area contributed by atoms with E-state index in [0.29, 0.717) is 6.07 Å². The van der Waals surface area contributed by atoms with Gasteiger partial charge in [-0.15, -0.1) is 0 Å². The van der Waals surface area contributed by atoms with Crippen molar-refractivity contribution in [2.45, 2.75) is 6.18 Å². The molecule has 0 atom stereocenters. The van der Waals surface area contributed by atoms with E-state index in [0.717, 1.165) is 12.1 Å². The van der Waals surface area contributed by atoms with E-state index in [9.17, 15) is 13.2 Å². The van der Waals surface area contributed by atoms with Crippen molar-refractivity contribution >= 4 is 12.6 Å². The van der Waals surface area contributed by atoms with Crippen LogP contribution in [0, 0.1) is 0 Å². The lowest BCUT2D eigenvalue weighted by atomic mass is 9.79. The molecule has 0 amide bonds. The van der Waals surface area contributed by atoms with Crippen molar-refractivity contribution in [3.63, 3.8) is 0 Å². The molecule has 0 saturated carbocycles. The molecule has 0 unspecified atom stereocenters. The molecular weight excluding hydrogens is 212 g/mol. The molecule has 0 saturated heterocycles. The summed E-state index contributed by atoms with van der Waals surface area (Å²) in [6, 6.07) is 2.57. The third kappa shape index (κ3) is 2.87. The van der Waals surface area contributed by atoms with Crippen molar-refractivity contribution in [2.24, 2.45) is 0 Å². The Morgan fingerprint density at radius 2 is 1.80 bits per heavy atom. The Labute approximate surface area is 84.3 Å². The van der Waals surface area contributed by atoms with Crippen LogP contribution in [-0.2, 0) is 6.18 Å². The Hall–Kier alpha value is -1.21. The monoisotopic (exact) mass is 220 g/mol. The third-order valence-electron chi connectivity index (χ3n) is 1.79. The molecule has 0 radical (unpaired) electrons. The molecule has 0 spiro atoms. The van der Waals surface area contributed by atoms with E-state index >= 15 is 0 Å². The number of alkyl halides is 3. The Morgan fingerprint density at radius 1 is 1.20 bits per heavy atom. The fourth-order valence-corrected chi connectivity index (χ4v) is 1.05. The largest absolute Gasteiger partial charge is 0.497 e. The minimum atomic E-state index is -4.54. The van der Waals surface area contributed by atoms with E-state index in [2.05, 4.69) is 4.74 Å². The van der Waals surface area contributed by atoms with Crippen LogP contribution in [-0.4, -0.2) is 24.3 Å². The van der Waals surface area contributed by atoms with Crippen LogP contribution >= 0.6 is 0 Å². The number of methoxy groups -OCH3 is 1. The van der Waals surface area contributed by atoms with Crippen molar-refractivity contribution in [3.8, 4) is 5.75 Å². The van der Waals surface area contributed by atoms with Crippen molar-refractivity contribution in [1.29, 1.82) is 0 Å². The average Bonchev–Trinajstić information content (AvgIpc) is 2.15. The van der Waals surface area contributed by atoms with Gasteiger partial charge in [-0.2, -0.15) is 13.2 Å². The van der Waals surface area contributed by atoms with E-state index in [1.807, 2.05) is 0 Å². The van der Waals surface area contributed by atoms with Gasteiger partial charge in [0, 0.05) is 0 Å². The SMILES string of the molecule is COc1cc(B(O)O)cc(C(F)(F)F)c1. The van der Waals surface area contributed by atoms with Crippen LogP contribution in [0.1, 0.15) is 5.56 Å². The summed E-state index contributed by atoms with van der Waals surface area (Å²) in [5.74, 6) is -0.0760. The zero-order chi connectivity index (χ0) is 11.6. The summed E-state index contributed by atoms with van der Waals surface area (Å²) >= 11 is 0. The van der Waals surface area contributed by atoms with Gasteiger partial charge in [0.1, 0.15) is 5.75 Å². The summed E-state index contributed by atoms with van der Waals surface area (Å²) < 4.78 is 41.6. The van der Waals surface area contributed by atoms with Gasteiger partial charge in [-0.05, 0) is 23.7 Å². The standard InChI is InChI=1S/C8H8BF3O3/c1-15-7-3-5(8(10,11)12)2-6(4-7)9(13)14/h2-4,13-14H,1H3. The molecule has 3 nitrogen and oxygen atoms in total. The number of ether oxygens (including phenoxy) is 1. The lowest BCUT2D eigenvalue weighted by Gasteiger charge is -2.11. The van der Waals surface area contributed by atoms with E-state index in [-0.39, 0.29) is 11.2 Å². The molecule has 0 aliphatic heterocycles. The molecular formula is C8H8BF3O3. The highest BCUT2D eigenvalue weighted by atomic mass is 19.4. The molecule has 1 aromatic rings. The van der Waals surface area contributed by atoms with E-state index in [1.165, 1.54) is 7.11 Å². The van der Waals surface area contributed by atoms with Gasteiger partial charge in [-0.1, -0.05) is 0 Å². The number of hydrogen-bond acceptors (Lipinski definition) is 3. The van der Waals surface area contributed by atoms with E-state index < -0.39 is 18.9 Å². The Morgan fingerprint density at radius 3 is 2.20 bits per heavy atom. The number of halogens is 3. The fraction of sp³-hybridized carbons (Fsp3) is 0.250. The molecule has 0 heterocycles. The smallest absolute Gasteiger partial charge is 0.488 e. The topological polar surface area (TPSA) is 49.7 Å². The van der Waals surface area contributed by atoms with Gasteiger partial charge in [-0.25, -0.2) is 0 Å². The number of benzene rings is 1. The maximum Gasteiger partial charge on any atom is 0.488 e. The van der Waals surface area contributed by atoms with Gasteiger partial charge in [0.05, 0.1) is 12.7 Å². The molecule has 0 bridgehead atoms. The molecule has 2 N–H and O–H groups in total. The predicted octanol–water partition coefficient (Wildman–Crippen LogP) is 0.394. The summed E-state index contributed by atoms with van der Waals surface area (Å²) in [5, 5.41) is 17.5. The minimum absolute atomic E-state index is 0.0760. The molecule has 7 heteroatoms. The first-order valence-corrected chi connectivity index (χ1v) is 3.97. The van der Waals surface area contributed by atoms with Gasteiger partial charge in [-0.3, -0.25) is 0 Å². The highest BCUT2D eigenvalue weighted by molar-refractivity contribution is 6.58. The highest BCUT2D eigenvalue weighted by Gasteiger charge is 2.32. The van der Waals surface area contributed by atoms with Crippen LogP contribution < -0.4 is 10.2 Å². The second-order valence-electron chi connectivity index (χ2n) is 2.87. The van der Waals surface area contributed by atoms with Crippen molar-refractivity contribution in [2.75, 3.05) is 7.11 Å². The second-order valence-corrected chi connectivity index (χ2v) is 2.87. The van der Waals surface area contributed by atoms with E-state index in [4.69, 9.17) is 10.0 Å². The predicted molar refractivity (Wildman–Crippen MR) is 47.8 cm³/mol. The molecule has 82 valence electrons. The molecule has 1 aromatic carbocycles. The summed E-state index contributed by atoms with van der Waals surface area (Å²) in [5.41, 5.74) is -1.24. The zero-order valence-corrected chi connectivity index (χ0v) is 7.75. The van der Waals surface area contributed by atoms with Gasteiger partial charge in [0.15, 0.2) is 0 Å². The first-order valence-electron chi connectivity index (χ1n) is 3.97. The molecule has 0 aliphatic carbocycles. The first-order chi connectivity index (χ1) is 6.84. The van der Waals surface area contributed by atoms with Gasteiger partial charge in [0.25, 0.3) is 0 Å². The Bertz CT molecular complexity index is 351. The zero-order valence-electron chi connectivity index (χ0n) is 7.75. The Balaban J connectivity index is 3.23. The van der Waals surface area contributed by atoms with Crippen molar-refractivity contribution in [3.05, 3.63) is 23.8 Å². The molecule has 15 heavy (non-hydrogen) atoms. The fourth-order valence-electron chi connectivity index (χ4n) is 1.05. The van der Waals surface area contributed by atoms with Gasteiger partial charge >= 0.3 is 13.3 Å². The average molecular weight is 220 g/mol. The van der Waals surface area contributed by atoms with Gasteiger partial charge < -0.3 is 14.8 Å². The van der Waals surface area contributed by atoms with Crippen LogP contribution in [0.2, 0.25) is 0 Å². The number of hydrogen-bond donors (Lipinski definition) is 2.